The lowest BCUT2D eigenvalue weighted by Gasteiger charge is -2.65. The van der Waals surface area contributed by atoms with E-state index in [4.69, 9.17) is 0 Å². The van der Waals surface area contributed by atoms with E-state index in [1.165, 1.54) is 12.0 Å². The fourth-order valence-corrected chi connectivity index (χ4v) is 5.27. The lowest BCUT2D eigenvalue weighted by molar-refractivity contribution is 0.240. The zero-order valence-corrected chi connectivity index (χ0v) is 8.67. The van der Waals surface area contributed by atoms with Gasteiger partial charge < -0.3 is 0 Å². The summed E-state index contributed by atoms with van der Waals surface area (Å²) in [6.45, 7) is 0. The van der Waals surface area contributed by atoms with E-state index in [0.29, 0.717) is 0 Å². The molecule has 0 heteroatoms. The van der Waals surface area contributed by atoms with Crippen LogP contribution in [0.4, 0.5) is 0 Å². The average molecular weight is 200 g/mol. The van der Waals surface area contributed by atoms with Crippen molar-refractivity contribution in [2.75, 3.05) is 0 Å². The van der Waals surface area contributed by atoms with E-state index >= 15 is 0 Å². The zero-order valence-electron chi connectivity index (χ0n) is 8.67. The number of rotatable bonds is 0. The van der Waals surface area contributed by atoms with Crippen molar-refractivity contribution in [1.29, 1.82) is 0 Å². The van der Waals surface area contributed by atoms with Crippen LogP contribution in [0.5, 0.6) is 0 Å². The third-order valence-corrected chi connectivity index (χ3v) is 5.88. The summed E-state index contributed by atoms with van der Waals surface area (Å²) in [4.78, 5) is 0. The van der Waals surface area contributed by atoms with Crippen molar-refractivity contribution in [3.63, 3.8) is 0 Å². The summed E-state index contributed by atoms with van der Waals surface area (Å²) in [6, 6.07) is 0. The van der Waals surface area contributed by atoms with E-state index in [2.05, 4.69) is 18.2 Å². The van der Waals surface area contributed by atoms with E-state index in [0.717, 1.165) is 17.8 Å². The van der Waals surface area contributed by atoms with Crippen molar-refractivity contribution in [2.45, 2.75) is 6.42 Å². The van der Waals surface area contributed by atoms with Gasteiger partial charge in [0.15, 0.2) is 0 Å². The van der Waals surface area contributed by atoms with Gasteiger partial charge in [-0.2, -0.15) is 0 Å². The molecular formula is C16H8. The van der Waals surface area contributed by atoms with E-state index in [1.54, 1.807) is 44.6 Å². The Bertz CT molecular complexity index is 771. The lowest BCUT2D eigenvalue weighted by Crippen LogP contribution is -2.55. The maximum absolute atomic E-state index is 2.51. The molecule has 3 atom stereocenters. The van der Waals surface area contributed by atoms with Crippen molar-refractivity contribution in [3.05, 3.63) is 68.4 Å². The molecule has 3 unspecified atom stereocenters. The molecule has 0 N–H and O–H groups in total. The Morgan fingerprint density at radius 3 is 3.00 bits per heavy atom. The Labute approximate surface area is 93.0 Å². The first-order valence-corrected chi connectivity index (χ1v) is 6.32. The molecule has 6 bridgehead atoms. The van der Waals surface area contributed by atoms with Crippen LogP contribution in [0.1, 0.15) is 6.42 Å². The third-order valence-electron chi connectivity index (χ3n) is 5.88. The van der Waals surface area contributed by atoms with Gasteiger partial charge in [0.25, 0.3) is 0 Å². The van der Waals surface area contributed by atoms with E-state index in [-0.39, 0.29) is 0 Å². The molecule has 1 saturated carbocycles. The van der Waals surface area contributed by atoms with Crippen LogP contribution in [0.15, 0.2) is 68.4 Å². The van der Waals surface area contributed by atoms with Crippen LogP contribution in [0.3, 0.4) is 0 Å². The first kappa shape index (κ1) is 6.24. The third kappa shape index (κ3) is 0.328. The highest BCUT2D eigenvalue weighted by atomic mass is 14.7. The molecular weight excluding hydrogens is 192 g/mol. The molecule has 0 nitrogen and oxygen atoms in total. The van der Waals surface area contributed by atoms with Gasteiger partial charge in [-0.15, -0.1) is 0 Å². The van der Waals surface area contributed by atoms with Crippen molar-refractivity contribution < 1.29 is 0 Å². The number of hydrogen-bond donors (Lipinski definition) is 0. The van der Waals surface area contributed by atoms with Crippen molar-refractivity contribution >= 4 is 0 Å². The van der Waals surface area contributed by atoms with Gasteiger partial charge in [0.05, 0.1) is 0 Å². The molecule has 8 aliphatic rings. The molecule has 0 spiro atoms. The van der Waals surface area contributed by atoms with Gasteiger partial charge in [0.1, 0.15) is 0 Å². The minimum absolute atomic E-state index is 0.882. The quantitative estimate of drug-likeness (QED) is 0.564. The van der Waals surface area contributed by atoms with Gasteiger partial charge in [0, 0.05) is 11.8 Å². The normalized spacial score (nSPS) is 45.0. The predicted octanol–water partition coefficient (Wildman–Crippen LogP) is 2.99. The van der Waals surface area contributed by atoms with Crippen molar-refractivity contribution in [3.8, 4) is 0 Å². The molecule has 1 fully saturated rings. The summed E-state index contributed by atoms with van der Waals surface area (Å²) < 4.78 is 0. The molecule has 0 radical (unpaired) electrons. The highest BCUT2D eigenvalue weighted by Gasteiger charge is 2.67. The topological polar surface area (TPSA) is 0 Å². The largest absolute Gasteiger partial charge is 0.0546 e. The molecule has 0 heterocycles. The minimum atomic E-state index is 0.882. The highest BCUT2D eigenvalue weighted by molar-refractivity contribution is 5.94. The molecule has 8 aliphatic carbocycles. The Morgan fingerprint density at radius 2 is 2.00 bits per heavy atom. The van der Waals surface area contributed by atoms with E-state index in [1.807, 2.05) is 0 Å². The number of hydrogen-bond acceptors (Lipinski definition) is 0. The molecule has 0 aromatic carbocycles. The summed E-state index contributed by atoms with van der Waals surface area (Å²) in [5, 5.41) is 0. The van der Waals surface area contributed by atoms with Gasteiger partial charge in [-0.25, -0.2) is 0 Å². The Kier molecular flexibility index (Phi) is 0.549. The maximum atomic E-state index is 2.51. The monoisotopic (exact) mass is 200 g/mol. The SMILES string of the molecule is C1=C2C=C3C1=C1C3=C3C4=C5C=C2CC5C4C13. The number of allylic oxidation sites excluding steroid dienone is 12. The molecule has 0 saturated heterocycles. The van der Waals surface area contributed by atoms with Gasteiger partial charge >= 0.3 is 0 Å². The molecule has 16 heavy (non-hydrogen) atoms. The fourth-order valence-electron chi connectivity index (χ4n) is 5.27. The van der Waals surface area contributed by atoms with Crippen LogP contribution in [-0.2, 0) is 0 Å². The maximum Gasteiger partial charge on any atom is 0.0186 e. The highest BCUT2D eigenvalue weighted by Crippen LogP contribution is 2.78. The average Bonchev–Trinajstić information content (AvgIpc) is 2.74. The van der Waals surface area contributed by atoms with Crippen LogP contribution in [0, 0.1) is 17.8 Å². The molecule has 0 aromatic rings. The van der Waals surface area contributed by atoms with Crippen LogP contribution in [-0.4, -0.2) is 0 Å². The standard InChI is InChI=1S/C16H8/c1-5-2-8-7(1)11-12(8)16-14-10-4-6(5)3-9(10)13(14)15(11)16/h1-3,10,14,16H,4H2. The van der Waals surface area contributed by atoms with Gasteiger partial charge in [-0.1, -0.05) is 6.08 Å². The minimum Gasteiger partial charge on any atom is -0.0546 e. The Morgan fingerprint density at radius 1 is 1.00 bits per heavy atom. The summed E-state index contributed by atoms with van der Waals surface area (Å²) in [7, 11) is 0. The molecule has 0 aromatic heterocycles. The molecule has 0 amide bonds. The zero-order chi connectivity index (χ0) is 9.76. The van der Waals surface area contributed by atoms with Crippen molar-refractivity contribution in [1.82, 2.24) is 0 Å². The fraction of sp³-hybridized carbons (Fsp3) is 0.250. The first-order chi connectivity index (χ1) is 7.93. The second-order valence-electron chi connectivity index (χ2n) is 6.13. The van der Waals surface area contributed by atoms with Gasteiger partial charge in [-0.3, -0.25) is 0 Å². The lowest BCUT2D eigenvalue weighted by atomic mass is 9.38. The van der Waals surface area contributed by atoms with Gasteiger partial charge in [-0.05, 0) is 74.6 Å². The van der Waals surface area contributed by atoms with E-state index in [9.17, 15) is 0 Å². The Balaban J connectivity index is 1.82. The molecule has 8 rings (SSSR count). The van der Waals surface area contributed by atoms with Crippen LogP contribution in [0.2, 0.25) is 0 Å². The van der Waals surface area contributed by atoms with Crippen LogP contribution >= 0.6 is 0 Å². The van der Waals surface area contributed by atoms with Crippen LogP contribution in [0.25, 0.3) is 0 Å². The summed E-state index contributed by atoms with van der Waals surface area (Å²) in [5.74, 6) is 2.73. The summed E-state index contributed by atoms with van der Waals surface area (Å²) in [6.07, 6.45) is 8.75. The molecule has 72 valence electrons. The predicted molar refractivity (Wildman–Crippen MR) is 60.4 cm³/mol. The molecule has 0 aliphatic heterocycles. The second kappa shape index (κ2) is 1.41. The second-order valence-corrected chi connectivity index (χ2v) is 6.13. The van der Waals surface area contributed by atoms with Crippen LogP contribution < -0.4 is 0 Å². The summed E-state index contributed by atoms with van der Waals surface area (Å²) in [5.41, 5.74) is 15.0. The summed E-state index contributed by atoms with van der Waals surface area (Å²) >= 11 is 0. The smallest absolute Gasteiger partial charge is 0.0186 e. The Hall–Kier alpha value is -1.56. The van der Waals surface area contributed by atoms with Gasteiger partial charge in [0.2, 0.25) is 0 Å². The van der Waals surface area contributed by atoms with Crippen molar-refractivity contribution in [2.24, 2.45) is 17.8 Å². The van der Waals surface area contributed by atoms with E-state index < -0.39 is 0 Å². The first-order valence-electron chi connectivity index (χ1n) is 6.32.